The summed E-state index contributed by atoms with van der Waals surface area (Å²) in [6.07, 6.45) is 0. The number of hydrogen-bond acceptors (Lipinski definition) is 4. The number of aromatic nitrogens is 4. The molecule has 0 spiro atoms. The first-order valence-electron chi connectivity index (χ1n) is 22.2. The molecule has 0 N–H and O–H groups in total. The fourth-order valence-electron chi connectivity index (χ4n) is 10.3. The van der Waals surface area contributed by atoms with Crippen LogP contribution in [0.2, 0.25) is 0 Å². The first-order valence-corrected chi connectivity index (χ1v) is 22.2. The van der Waals surface area contributed by atoms with Crippen LogP contribution >= 0.6 is 0 Å². The standard InChI is InChI=1S/C60H40N4O/c1-60(2)50-26-14-12-23-44(50)47-35-48-45-24-13-15-27-52(45)64(53(48)36-51(47)60)43-29-30-54-49(34-43)56-46(25-16-28-55(56)65-54)59-62-57(39-21-10-5-11-22-39)61-58(63-59)42-32-40(37-17-6-3-7-18-37)31-41(33-42)38-19-8-4-9-20-38/h3-36H,1-2H3. The molecule has 1 aliphatic carbocycles. The van der Waals surface area contributed by atoms with Gasteiger partial charge >= 0.3 is 0 Å². The van der Waals surface area contributed by atoms with Gasteiger partial charge in [-0.1, -0.05) is 159 Å². The Balaban J connectivity index is 1.03. The number of fused-ring (bicyclic) bond motifs is 9. The van der Waals surface area contributed by atoms with E-state index in [0.717, 1.165) is 72.1 Å². The molecule has 0 bridgehead atoms. The van der Waals surface area contributed by atoms with Crippen molar-refractivity contribution in [1.29, 1.82) is 0 Å². The lowest BCUT2D eigenvalue weighted by atomic mass is 9.82. The predicted octanol–water partition coefficient (Wildman–Crippen LogP) is 15.5. The van der Waals surface area contributed by atoms with Gasteiger partial charge in [0.25, 0.3) is 0 Å². The van der Waals surface area contributed by atoms with Gasteiger partial charge in [-0.25, -0.2) is 15.0 Å². The number of benzene rings is 9. The smallest absolute Gasteiger partial charge is 0.164 e. The number of rotatable bonds is 6. The molecule has 1 aliphatic rings. The van der Waals surface area contributed by atoms with E-state index in [0.29, 0.717) is 17.5 Å². The Labute approximate surface area is 376 Å². The second-order valence-corrected chi connectivity index (χ2v) is 17.6. The maximum atomic E-state index is 6.66. The predicted molar refractivity (Wildman–Crippen MR) is 266 cm³/mol. The van der Waals surface area contributed by atoms with Crippen molar-refractivity contribution >= 4 is 43.7 Å². The van der Waals surface area contributed by atoms with Crippen LogP contribution in [0.25, 0.3) is 117 Å². The summed E-state index contributed by atoms with van der Waals surface area (Å²) >= 11 is 0. The van der Waals surface area contributed by atoms with E-state index in [1.807, 2.05) is 42.5 Å². The molecule has 0 radical (unpaired) electrons. The summed E-state index contributed by atoms with van der Waals surface area (Å²) in [6.45, 7) is 4.69. The highest BCUT2D eigenvalue weighted by Crippen LogP contribution is 2.51. The molecule has 12 aromatic rings. The normalized spacial score (nSPS) is 12.9. The SMILES string of the molecule is CC1(C)c2ccccc2-c2cc3c4ccccc4n(-c4ccc5oc6cccc(-c7nc(-c8ccccc8)nc(-c8cc(-c9ccccc9)cc(-c9ccccc9)c8)n7)c6c5c4)c3cc21. The molecule has 0 atom stereocenters. The van der Waals surface area contributed by atoms with Crippen LogP contribution in [0.4, 0.5) is 0 Å². The number of para-hydroxylation sites is 1. The molecule has 0 saturated carbocycles. The highest BCUT2D eigenvalue weighted by molar-refractivity contribution is 6.14. The quantitative estimate of drug-likeness (QED) is 0.167. The minimum absolute atomic E-state index is 0.130. The molecular formula is C60H40N4O. The van der Waals surface area contributed by atoms with Gasteiger partial charge in [0.2, 0.25) is 0 Å². The molecule has 65 heavy (non-hydrogen) atoms. The summed E-state index contributed by atoms with van der Waals surface area (Å²) in [5, 5.41) is 4.42. The van der Waals surface area contributed by atoms with Gasteiger partial charge in [-0.2, -0.15) is 0 Å². The van der Waals surface area contributed by atoms with Crippen molar-refractivity contribution in [3.05, 3.63) is 217 Å². The molecule has 3 heterocycles. The van der Waals surface area contributed by atoms with Gasteiger partial charge in [0.15, 0.2) is 17.5 Å². The summed E-state index contributed by atoms with van der Waals surface area (Å²) in [7, 11) is 0. The molecule has 9 aromatic carbocycles. The molecule has 0 fully saturated rings. The van der Waals surface area contributed by atoms with Crippen molar-refractivity contribution in [2.24, 2.45) is 0 Å². The second-order valence-electron chi connectivity index (χ2n) is 17.6. The van der Waals surface area contributed by atoms with Crippen LogP contribution in [0.15, 0.2) is 211 Å². The highest BCUT2D eigenvalue weighted by Gasteiger charge is 2.36. The van der Waals surface area contributed by atoms with Crippen LogP contribution in [0.1, 0.15) is 25.0 Å². The molecule has 13 rings (SSSR count). The lowest BCUT2D eigenvalue weighted by Gasteiger charge is -2.21. The summed E-state index contributed by atoms with van der Waals surface area (Å²) in [5.74, 6) is 1.77. The molecule has 306 valence electrons. The van der Waals surface area contributed by atoms with Crippen molar-refractivity contribution < 1.29 is 4.42 Å². The van der Waals surface area contributed by atoms with Crippen LogP contribution in [0, 0.1) is 0 Å². The Hall–Kier alpha value is -8.41. The molecule has 0 amide bonds. The van der Waals surface area contributed by atoms with Gasteiger partial charge < -0.3 is 8.98 Å². The Kier molecular flexibility index (Phi) is 8.18. The van der Waals surface area contributed by atoms with Crippen molar-refractivity contribution in [1.82, 2.24) is 19.5 Å². The van der Waals surface area contributed by atoms with Gasteiger partial charge in [0, 0.05) is 49.3 Å². The van der Waals surface area contributed by atoms with Gasteiger partial charge in [0.1, 0.15) is 11.2 Å². The summed E-state index contributed by atoms with van der Waals surface area (Å²) < 4.78 is 9.08. The van der Waals surface area contributed by atoms with E-state index in [2.05, 4.69) is 182 Å². The topological polar surface area (TPSA) is 56.7 Å². The first-order chi connectivity index (χ1) is 32.0. The van der Waals surface area contributed by atoms with E-state index >= 15 is 0 Å². The van der Waals surface area contributed by atoms with E-state index in [1.54, 1.807) is 0 Å². The summed E-state index contributed by atoms with van der Waals surface area (Å²) in [6, 6.07) is 73.0. The van der Waals surface area contributed by atoms with Crippen LogP contribution in [-0.4, -0.2) is 19.5 Å². The van der Waals surface area contributed by atoms with Crippen molar-refractivity contribution in [3.8, 4) is 73.2 Å². The van der Waals surface area contributed by atoms with E-state index in [-0.39, 0.29) is 5.41 Å². The van der Waals surface area contributed by atoms with Crippen LogP contribution in [0.5, 0.6) is 0 Å². The second kappa shape index (κ2) is 14.3. The summed E-state index contributed by atoms with van der Waals surface area (Å²) in [4.78, 5) is 15.8. The zero-order valence-electron chi connectivity index (χ0n) is 35.8. The molecule has 0 unspecified atom stereocenters. The third kappa shape index (κ3) is 5.89. The number of furan rings is 1. The van der Waals surface area contributed by atoms with E-state index in [9.17, 15) is 0 Å². The fourth-order valence-corrected chi connectivity index (χ4v) is 10.3. The lowest BCUT2D eigenvalue weighted by Crippen LogP contribution is -2.14. The minimum Gasteiger partial charge on any atom is -0.456 e. The van der Waals surface area contributed by atoms with Crippen molar-refractivity contribution in [3.63, 3.8) is 0 Å². The molecule has 0 saturated heterocycles. The highest BCUT2D eigenvalue weighted by atomic mass is 16.3. The van der Waals surface area contributed by atoms with E-state index in [1.165, 1.54) is 38.5 Å². The maximum absolute atomic E-state index is 6.66. The number of hydrogen-bond donors (Lipinski definition) is 0. The zero-order chi connectivity index (χ0) is 43.2. The largest absolute Gasteiger partial charge is 0.456 e. The minimum atomic E-state index is -0.130. The van der Waals surface area contributed by atoms with Crippen LogP contribution in [-0.2, 0) is 5.41 Å². The average molecular weight is 833 g/mol. The van der Waals surface area contributed by atoms with Crippen molar-refractivity contribution in [2.75, 3.05) is 0 Å². The molecule has 5 heteroatoms. The van der Waals surface area contributed by atoms with Crippen LogP contribution in [0.3, 0.4) is 0 Å². The zero-order valence-corrected chi connectivity index (χ0v) is 35.8. The molecule has 3 aromatic heterocycles. The monoisotopic (exact) mass is 832 g/mol. The van der Waals surface area contributed by atoms with Gasteiger partial charge in [0.05, 0.1) is 11.0 Å². The Morgan fingerprint density at radius 2 is 0.969 bits per heavy atom. The first kappa shape index (κ1) is 37.2. The van der Waals surface area contributed by atoms with Gasteiger partial charge in [-0.05, 0) is 105 Å². The van der Waals surface area contributed by atoms with Crippen molar-refractivity contribution in [2.45, 2.75) is 19.3 Å². The fraction of sp³-hybridized carbons (Fsp3) is 0.0500. The maximum Gasteiger partial charge on any atom is 0.164 e. The van der Waals surface area contributed by atoms with Gasteiger partial charge in [-0.15, -0.1) is 0 Å². The van der Waals surface area contributed by atoms with Gasteiger partial charge in [-0.3, -0.25) is 0 Å². The third-order valence-electron chi connectivity index (χ3n) is 13.4. The lowest BCUT2D eigenvalue weighted by molar-refractivity contribution is 0.661. The molecule has 0 aliphatic heterocycles. The Bertz CT molecular complexity index is 3790. The summed E-state index contributed by atoms with van der Waals surface area (Å²) in [5.41, 5.74) is 17.3. The third-order valence-corrected chi connectivity index (χ3v) is 13.4. The van der Waals surface area contributed by atoms with Crippen LogP contribution < -0.4 is 0 Å². The molecule has 5 nitrogen and oxygen atoms in total. The Morgan fingerprint density at radius 1 is 0.369 bits per heavy atom. The average Bonchev–Trinajstić information content (AvgIpc) is 3.98. The van der Waals surface area contributed by atoms with E-state index in [4.69, 9.17) is 19.4 Å². The number of nitrogens with zero attached hydrogens (tertiary/aromatic N) is 4. The molecular weight excluding hydrogens is 793 g/mol. The van der Waals surface area contributed by atoms with E-state index < -0.39 is 0 Å². The Morgan fingerprint density at radius 3 is 1.71 bits per heavy atom.